The molecule has 0 saturated carbocycles. The first kappa shape index (κ1) is 12.6. The van der Waals surface area contributed by atoms with Gasteiger partial charge in [-0.2, -0.15) is 0 Å². The fourth-order valence-corrected chi connectivity index (χ4v) is 2.11. The Morgan fingerprint density at radius 1 is 1.40 bits per heavy atom. The molecular weight excluding hydrogens is 229 g/mol. The molecule has 0 spiro atoms. The number of benzene rings is 1. The van der Waals surface area contributed by atoms with Crippen LogP contribution < -0.4 is 5.32 Å². The van der Waals surface area contributed by atoms with Crippen molar-refractivity contribution in [1.82, 2.24) is 5.32 Å². The van der Waals surface area contributed by atoms with Gasteiger partial charge in [0.1, 0.15) is 0 Å². The molecule has 0 saturated heterocycles. The summed E-state index contributed by atoms with van der Waals surface area (Å²) >= 11 is 5.47. The van der Waals surface area contributed by atoms with E-state index >= 15 is 0 Å². The topological polar surface area (TPSA) is 12.0 Å². The largest absolute Gasteiger partial charge is 0.306 e. The molecule has 0 unspecified atom stereocenters. The fraction of sp³-hybridized carbons (Fsp3) is 0.333. The van der Waals surface area contributed by atoms with Crippen LogP contribution in [0.5, 0.6) is 0 Å². The first-order valence-electron chi connectivity index (χ1n) is 4.98. The van der Waals surface area contributed by atoms with Gasteiger partial charge in [-0.1, -0.05) is 41.9 Å². The van der Waals surface area contributed by atoms with Crippen molar-refractivity contribution in [2.24, 2.45) is 0 Å². The first-order valence-corrected chi connectivity index (χ1v) is 5.42. The highest BCUT2D eigenvalue weighted by molar-refractivity contribution is 6.25. The van der Waals surface area contributed by atoms with Gasteiger partial charge in [-0.3, -0.25) is 0 Å². The molecule has 1 aliphatic rings. The van der Waals surface area contributed by atoms with Gasteiger partial charge in [-0.05, 0) is 24.0 Å². The highest BCUT2D eigenvalue weighted by Crippen LogP contribution is 2.30. The van der Waals surface area contributed by atoms with E-state index in [0.29, 0.717) is 6.04 Å². The smallest absolute Gasteiger partial charge is 0.0328 e. The van der Waals surface area contributed by atoms with Crippen molar-refractivity contribution in [1.29, 1.82) is 0 Å². The Kier molecular flexibility index (Phi) is 5.16. The molecule has 1 aromatic carbocycles. The zero-order valence-corrected chi connectivity index (χ0v) is 10.0. The van der Waals surface area contributed by atoms with Crippen LogP contribution in [0.15, 0.2) is 35.9 Å². The minimum absolute atomic E-state index is 0. The number of aryl methyl sites for hydroxylation is 1. The summed E-state index contributed by atoms with van der Waals surface area (Å²) in [4.78, 5) is 0. The third kappa shape index (κ3) is 2.97. The van der Waals surface area contributed by atoms with Crippen LogP contribution in [-0.2, 0) is 6.42 Å². The van der Waals surface area contributed by atoms with Gasteiger partial charge in [-0.25, -0.2) is 0 Å². The molecule has 1 nitrogen and oxygen atoms in total. The fourth-order valence-electron chi connectivity index (χ4n) is 2.02. The van der Waals surface area contributed by atoms with Crippen LogP contribution in [-0.4, -0.2) is 6.54 Å². The molecular formula is C12H15Cl2N. The predicted molar refractivity (Wildman–Crippen MR) is 67.7 cm³/mol. The lowest BCUT2D eigenvalue weighted by atomic mass is 10.1. The number of nitrogens with one attached hydrogen (secondary N) is 1. The van der Waals surface area contributed by atoms with Crippen LogP contribution >= 0.6 is 24.0 Å². The van der Waals surface area contributed by atoms with E-state index < -0.39 is 0 Å². The Labute approximate surface area is 102 Å². The highest BCUT2D eigenvalue weighted by Gasteiger charge is 2.20. The van der Waals surface area contributed by atoms with E-state index in [1.54, 1.807) is 5.54 Å². The summed E-state index contributed by atoms with van der Waals surface area (Å²) in [5.41, 5.74) is 4.50. The molecule has 0 amide bonds. The number of rotatable bonds is 3. The molecule has 0 radical (unpaired) electrons. The zero-order valence-electron chi connectivity index (χ0n) is 8.45. The summed E-state index contributed by atoms with van der Waals surface area (Å²) in [5, 5.41) is 3.47. The van der Waals surface area contributed by atoms with E-state index in [9.17, 15) is 0 Å². The minimum Gasteiger partial charge on any atom is -0.306 e. The van der Waals surface area contributed by atoms with E-state index in [0.717, 1.165) is 6.54 Å². The summed E-state index contributed by atoms with van der Waals surface area (Å²) < 4.78 is 0. The molecule has 1 aliphatic carbocycles. The molecule has 0 aromatic heterocycles. The maximum Gasteiger partial charge on any atom is 0.0328 e. The summed E-state index contributed by atoms with van der Waals surface area (Å²) in [6, 6.07) is 9.16. The second-order valence-electron chi connectivity index (χ2n) is 3.56. The van der Waals surface area contributed by atoms with Crippen molar-refractivity contribution in [3.05, 3.63) is 47.0 Å². The Bertz CT molecular complexity index is 336. The predicted octanol–water partition coefficient (Wildman–Crippen LogP) is 3.44. The highest BCUT2D eigenvalue weighted by atomic mass is 35.5. The summed E-state index contributed by atoms with van der Waals surface area (Å²) in [5.74, 6) is 0. The summed E-state index contributed by atoms with van der Waals surface area (Å²) in [7, 11) is 0. The molecule has 0 heterocycles. The third-order valence-electron chi connectivity index (χ3n) is 2.70. The van der Waals surface area contributed by atoms with Crippen LogP contribution in [0.2, 0.25) is 0 Å². The maximum absolute atomic E-state index is 5.47. The average Bonchev–Trinajstić information content (AvgIpc) is 2.63. The molecule has 0 aliphatic heterocycles. The van der Waals surface area contributed by atoms with E-state index in [4.69, 9.17) is 11.6 Å². The van der Waals surface area contributed by atoms with Gasteiger partial charge in [0, 0.05) is 18.1 Å². The Balaban J connectivity index is 0.00000112. The van der Waals surface area contributed by atoms with E-state index in [1.807, 2.05) is 6.08 Å². The molecule has 0 fully saturated rings. The lowest BCUT2D eigenvalue weighted by Crippen LogP contribution is -2.18. The normalized spacial score (nSPS) is 18.9. The van der Waals surface area contributed by atoms with E-state index in [1.165, 1.54) is 24.0 Å². The van der Waals surface area contributed by atoms with Gasteiger partial charge in [0.15, 0.2) is 0 Å². The molecule has 2 rings (SSSR count). The average molecular weight is 244 g/mol. The Morgan fingerprint density at radius 2 is 2.20 bits per heavy atom. The van der Waals surface area contributed by atoms with Crippen molar-refractivity contribution >= 4 is 24.0 Å². The standard InChI is InChI=1S/C12H14ClN.ClH/c13-8-3-9-14-12-7-6-10-4-1-2-5-11(10)12;/h1-5,8,12,14H,6-7,9H2;1H/b8-3-;/t12-;/m1./s1. The van der Waals surface area contributed by atoms with Crippen molar-refractivity contribution in [2.75, 3.05) is 6.54 Å². The second-order valence-corrected chi connectivity index (χ2v) is 3.81. The van der Waals surface area contributed by atoms with Gasteiger partial charge in [-0.15, -0.1) is 12.4 Å². The van der Waals surface area contributed by atoms with Crippen LogP contribution in [0, 0.1) is 0 Å². The maximum atomic E-state index is 5.47. The molecule has 3 heteroatoms. The Morgan fingerprint density at radius 3 is 3.00 bits per heavy atom. The van der Waals surface area contributed by atoms with Gasteiger partial charge in [0.2, 0.25) is 0 Å². The van der Waals surface area contributed by atoms with Crippen LogP contribution in [0.25, 0.3) is 0 Å². The zero-order chi connectivity index (χ0) is 9.80. The molecule has 15 heavy (non-hydrogen) atoms. The van der Waals surface area contributed by atoms with Crippen molar-refractivity contribution in [3.63, 3.8) is 0 Å². The SMILES string of the molecule is Cl.Cl/C=C\CN[C@@H]1CCc2ccccc21. The lowest BCUT2D eigenvalue weighted by molar-refractivity contribution is 0.564. The quantitative estimate of drug-likeness (QED) is 0.858. The van der Waals surface area contributed by atoms with Crippen molar-refractivity contribution in [2.45, 2.75) is 18.9 Å². The van der Waals surface area contributed by atoms with Gasteiger partial charge < -0.3 is 5.32 Å². The molecule has 1 aromatic rings. The summed E-state index contributed by atoms with van der Waals surface area (Å²) in [6.45, 7) is 0.850. The van der Waals surface area contributed by atoms with Gasteiger partial charge in [0.05, 0.1) is 0 Å². The second kappa shape index (κ2) is 6.16. The molecule has 1 atom stereocenters. The number of halogens is 2. The van der Waals surface area contributed by atoms with Gasteiger partial charge in [0.25, 0.3) is 0 Å². The van der Waals surface area contributed by atoms with Crippen molar-refractivity contribution in [3.8, 4) is 0 Å². The van der Waals surface area contributed by atoms with Gasteiger partial charge >= 0.3 is 0 Å². The Hall–Kier alpha value is -0.500. The number of hydrogen-bond donors (Lipinski definition) is 1. The number of hydrogen-bond acceptors (Lipinski definition) is 1. The minimum atomic E-state index is 0. The molecule has 1 N–H and O–H groups in total. The van der Waals surface area contributed by atoms with Crippen LogP contribution in [0.1, 0.15) is 23.6 Å². The number of fused-ring (bicyclic) bond motifs is 1. The van der Waals surface area contributed by atoms with Crippen molar-refractivity contribution < 1.29 is 0 Å². The van der Waals surface area contributed by atoms with Crippen LogP contribution in [0.4, 0.5) is 0 Å². The van der Waals surface area contributed by atoms with Crippen LogP contribution in [0.3, 0.4) is 0 Å². The van der Waals surface area contributed by atoms with E-state index in [2.05, 4.69) is 29.6 Å². The van der Waals surface area contributed by atoms with E-state index in [-0.39, 0.29) is 12.4 Å². The molecule has 0 bridgehead atoms. The lowest BCUT2D eigenvalue weighted by Gasteiger charge is -2.11. The third-order valence-corrected chi connectivity index (χ3v) is 2.88. The molecule has 82 valence electrons. The summed E-state index contributed by atoms with van der Waals surface area (Å²) in [6.07, 6.45) is 4.33. The monoisotopic (exact) mass is 243 g/mol. The first-order chi connectivity index (χ1) is 6.92.